The molecule has 1 heterocycles. The Balaban J connectivity index is 2.14. The van der Waals surface area contributed by atoms with Crippen LogP contribution in [0.1, 0.15) is 19.3 Å². The fraction of sp³-hybridized carbons (Fsp3) is 0.875. The van der Waals surface area contributed by atoms with Crippen LogP contribution in [0.4, 0.5) is 13.2 Å². The molecule has 0 saturated carbocycles. The van der Waals surface area contributed by atoms with Gasteiger partial charge in [-0.05, 0) is 12.8 Å². The number of nitrogens with one attached hydrogen (secondary N) is 1. The van der Waals surface area contributed by atoms with Crippen LogP contribution in [0.15, 0.2) is 0 Å². The van der Waals surface area contributed by atoms with E-state index >= 15 is 0 Å². The molecule has 3 nitrogen and oxygen atoms in total. The number of ether oxygens (including phenoxy) is 1. The van der Waals surface area contributed by atoms with E-state index in [0.717, 1.165) is 12.8 Å². The van der Waals surface area contributed by atoms with Crippen molar-refractivity contribution in [1.29, 1.82) is 0 Å². The van der Waals surface area contributed by atoms with Gasteiger partial charge in [0, 0.05) is 13.2 Å². The first-order valence-electron chi connectivity index (χ1n) is 4.42. The van der Waals surface area contributed by atoms with Gasteiger partial charge in [-0.1, -0.05) is 0 Å². The predicted molar refractivity (Wildman–Crippen MR) is 42.7 cm³/mol. The van der Waals surface area contributed by atoms with Crippen LogP contribution in [0.3, 0.4) is 0 Å². The van der Waals surface area contributed by atoms with E-state index in [4.69, 9.17) is 4.74 Å². The average Bonchev–Trinajstić information content (AvgIpc) is 2.49. The molecule has 0 aromatic carbocycles. The molecule has 1 N–H and O–H groups in total. The molecular formula is C8H12F3NO2. The minimum Gasteiger partial charge on any atom is -0.376 e. The van der Waals surface area contributed by atoms with E-state index in [0.29, 0.717) is 6.61 Å². The van der Waals surface area contributed by atoms with E-state index in [-0.39, 0.29) is 12.6 Å². The van der Waals surface area contributed by atoms with Gasteiger partial charge in [0.25, 0.3) is 0 Å². The van der Waals surface area contributed by atoms with Crippen LogP contribution in [-0.4, -0.2) is 31.3 Å². The van der Waals surface area contributed by atoms with Crippen LogP contribution in [-0.2, 0) is 9.53 Å². The van der Waals surface area contributed by atoms with Crippen molar-refractivity contribution in [3.63, 3.8) is 0 Å². The number of carbonyl (C=O) groups excluding carboxylic acids is 1. The number of rotatable bonds is 3. The first-order valence-corrected chi connectivity index (χ1v) is 4.42. The highest BCUT2D eigenvalue weighted by molar-refractivity contribution is 5.76. The van der Waals surface area contributed by atoms with E-state index in [1.165, 1.54) is 0 Å². The van der Waals surface area contributed by atoms with Gasteiger partial charge in [-0.15, -0.1) is 0 Å². The number of carbonyl (C=O) groups is 1. The monoisotopic (exact) mass is 211 g/mol. The lowest BCUT2D eigenvalue weighted by Crippen LogP contribution is -2.34. The maximum absolute atomic E-state index is 11.7. The number of amides is 1. The Bertz CT molecular complexity index is 199. The lowest BCUT2D eigenvalue weighted by molar-refractivity contribution is -0.154. The van der Waals surface area contributed by atoms with Crippen molar-refractivity contribution in [2.45, 2.75) is 31.5 Å². The van der Waals surface area contributed by atoms with Crippen molar-refractivity contribution in [3.8, 4) is 0 Å². The van der Waals surface area contributed by atoms with E-state index in [1.54, 1.807) is 0 Å². The third-order valence-corrected chi connectivity index (χ3v) is 1.91. The first kappa shape index (κ1) is 11.3. The summed E-state index contributed by atoms with van der Waals surface area (Å²) in [5, 5.41) is 2.20. The van der Waals surface area contributed by atoms with Crippen molar-refractivity contribution in [3.05, 3.63) is 0 Å². The lowest BCUT2D eigenvalue weighted by atomic mass is 10.2. The van der Waals surface area contributed by atoms with E-state index in [9.17, 15) is 18.0 Å². The largest absolute Gasteiger partial charge is 0.397 e. The lowest BCUT2D eigenvalue weighted by Gasteiger charge is -2.11. The van der Waals surface area contributed by atoms with Crippen LogP contribution in [0.2, 0.25) is 0 Å². The molecule has 82 valence electrons. The summed E-state index contributed by atoms with van der Waals surface area (Å²) in [6.07, 6.45) is -4.26. The molecule has 1 aliphatic heterocycles. The molecule has 6 heteroatoms. The molecule has 0 aromatic rings. The van der Waals surface area contributed by atoms with Gasteiger partial charge in [-0.2, -0.15) is 13.2 Å². The zero-order valence-electron chi connectivity index (χ0n) is 7.56. The molecule has 0 spiro atoms. The maximum Gasteiger partial charge on any atom is 0.397 e. The topological polar surface area (TPSA) is 38.3 Å². The summed E-state index contributed by atoms with van der Waals surface area (Å²) >= 11 is 0. The average molecular weight is 211 g/mol. The van der Waals surface area contributed by atoms with Gasteiger partial charge in [0.15, 0.2) is 0 Å². The van der Waals surface area contributed by atoms with Gasteiger partial charge >= 0.3 is 6.18 Å². The smallest absolute Gasteiger partial charge is 0.376 e. The summed E-state index contributed by atoms with van der Waals surface area (Å²) in [6, 6.07) is 0. The zero-order valence-corrected chi connectivity index (χ0v) is 7.56. The number of halogens is 3. The SMILES string of the molecule is O=C(CC(F)(F)F)NC[C@@H]1CCCO1. The molecule has 1 aliphatic rings. The molecule has 0 unspecified atom stereocenters. The highest BCUT2D eigenvalue weighted by atomic mass is 19.4. The Morgan fingerprint density at radius 3 is 2.71 bits per heavy atom. The normalized spacial score (nSPS) is 22.4. The van der Waals surface area contributed by atoms with Crippen LogP contribution in [0.5, 0.6) is 0 Å². The number of alkyl halides is 3. The van der Waals surface area contributed by atoms with E-state index < -0.39 is 18.5 Å². The second-order valence-electron chi connectivity index (χ2n) is 3.23. The summed E-state index contributed by atoms with van der Waals surface area (Å²) < 4.78 is 40.3. The summed E-state index contributed by atoms with van der Waals surface area (Å²) in [7, 11) is 0. The Hall–Kier alpha value is -0.780. The molecule has 14 heavy (non-hydrogen) atoms. The molecule has 0 aliphatic carbocycles. The van der Waals surface area contributed by atoms with E-state index in [1.807, 2.05) is 0 Å². The number of hydrogen-bond donors (Lipinski definition) is 1. The van der Waals surface area contributed by atoms with Gasteiger partial charge in [0.2, 0.25) is 5.91 Å². The molecule has 0 bridgehead atoms. The van der Waals surface area contributed by atoms with Gasteiger partial charge in [0.05, 0.1) is 6.10 Å². The van der Waals surface area contributed by atoms with E-state index in [2.05, 4.69) is 5.32 Å². The highest BCUT2D eigenvalue weighted by Gasteiger charge is 2.31. The third-order valence-electron chi connectivity index (χ3n) is 1.91. The fourth-order valence-corrected chi connectivity index (χ4v) is 1.28. The van der Waals surface area contributed by atoms with Crippen molar-refractivity contribution in [1.82, 2.24) is 5.32 Å². The Morgan fingerprint density at radius 2 is 2.21 bits per heavy atom. The first-order chi connectivity index (χ1) is 6.47. The molecule has 1 rings (SSSR count). The maximum atomic E-state index is 11.7. The van der Waals surface area contributed by atoms with Crippen molar-refractivity contribution in [2.75, 3.05) is 13.2 Å². The number of hydrogen-bond acceptors (Lipinski definition) is 2. The third kappa shape index (κ3) is 4.45. The second kappa shape index (κ2) is 4.63. The molecule has 1 atom stereocenters. The molecular weight excluding hydrogens is 199 g/mol. The summed E-state index contributed by atoms with van der Waals surface area (Å²) in [4.78, 5) is 10.7. The molecule has 0 aromatic heterocycles. The highest BCUT2D eigenvalue weighted by Crippen LogP contribution is 2.19. The summed E-state index contributed by atoms with van der Waals surface area (Å²) in [5.41, 5.74) is 0. The molecule has 1 saturated heterocycles. The second-order valence-corrected chi connectivity index (χ2v) is 3.23. The van der Waals surface area contributed by atoms with Gasteiger partial charge in [-0.25, -0.2) is 0 Å². The minimum atomic E-state index is -4.43. The van der Waals surface area contributed by atoms with Crippen LogP contribution < -0.4 is 5.32 Å². The summed E-state index contributed by atoms with van der Waals surface area (Å²) in [5.74, 6) is -0.993. The van der Waals surface area contributed by atoms with Crippen molar-refractivity contribution in [2.24, 2.45) is 0 Å². The Morgan fingerprint density at radius 1 is 1.50 bits per heavy atom. The predicted octanol–water partition coefficient (Wildman–Crippen LogP) is 1.23. The van der Waals surface area contributed by atoms with Crippen LogP contribution in [0, 0.1) is 0 Å². The Labute approximate surface area is 79.6 Å². The molecule has 0 radical (unpaired) electrons. The van der Waals surface area contributed by atoms with Crippen LogP contribution in [0.25, 0.3) is 0 Å². The Kier molecular flexibility index (Phi) is 3.74. The van der Waals surface area contributed by atoms with Gasteiger partial charge in [-0.3, -0.25) is 4.79 Å². The zero-order chi connectivity index (χ0) is 10.6. The molecule has 1 amide bonds. The fourth-order valence-electron chi connectivity index (χ4n) is 1.28. The quantitative estimate of drug-likeness (QED) is 0.762. The van der Waals surface area contributed by atoms with Crippen molar-refractivity contribution >= 4 is 5.91 Å². The standard InChI is InChI=1S/C8H12F3NO2/c9-8(10,11)4-7(13)12-5-6-2-1-3-14-6/h6H,1-5H2,(H,12,13)/t6-/m0/s1. The minimum absolute atomic E-state index is 0.118. The molecule has 1 fully saturated rings. The summed E-state index contributed by atoms with van der Waals surface area (Å²) in [6.45, 7) is 0.800. The van der Waals surface area contributed by atoms with Gasteiger partial charge in [0.1, 0.15) is 6.42 Å². The van der Waals surface area contributed by atoms with Gasteiger partial charge < -0.3 is 10.1 Å². The van der Waals surface area contributed by atoms with Crippen LogP contribution >= 0.6 is 0 Å². The van der Waals surface area contributed by atoms with Crippen molar-refractivity contribution < 1.29 is 22.7 Å².